The van der Waals surface area contributed by atoms with Crippen LogP contribution in [0.25, 0.3) is 0 Å². The Morgan fingerprint density at radius 2 is 2.17 bits per heavy atom. The summed E-state index contributed by atoms with van der Waals surface area (Å²) in [4.78, 5) is 30.1. The van der Waals surface area contributed by atoms with Crippen molar-refractivity contribution in [3.8, 4) is 0 Å². The molecule has 168 valence electrons. The molecule has 1 N–H and O–H groups in total. The Bertz CT molecular complexity index is 772. The number of aromatic nitrogens is 1. The maximum Gasteiger partial charge on any atom is 0.490 e. The maximum absolute atomic E-state index is 12.1. The third-order valence-corrected chi connectivity index (χ3v) is 6.53. The van der Waals surface area contributed by atoms with Gasteiger partial charge in [-0.3, -0.25) is 9.69 Å². The second-order valence-corrected chi connectivity index (χ2v) is 9.05. The monoisotopic (exact) mass is 449 g/mol. The molecule has 0 unspecified atom stereocenters. The summed E-state index contributed by atoms with van der Waals surface area (Å²) in [5.41, 5.74) is 1.13. The molecule has 0 aliphatic carbocycles. The summed E-state index contributed by atoms with van der Waals surface area (Å²) in [7, 11) is 0. The van der Waals surface area contributed by atoms with Crippen LogP contribution in [-0.4, -0.2) is 75.8 Å². The van der Waals surface area contributed by atoms with E-state index in [4.69, 9.17) is 14.6 Å². The Labute approximate surface area is 176 Å². The third kappa shape index (κ3) is 5.70. The second kappa shape index (κ2) is 9.19. The first-order chi connectivity index (χ1) is 14.1. The lowest BCUT2D eigenvalue weighted by Gasteiger charge is -2.41. The van der Waals surface area contributed by atoms with Crippen molar-refractivity contribution in [2.45, 2.75) is 63.4 Å². The van der Waals surface area contributed by atoms with E-state index in [0.717, 1.165) is 69.9 Å². The summed E-state index contributed by atoms with van der Waals surface area (Å²) < 4.78 is 38.0. The molecule has 7 nitrogen and oxygen atoms in total. The summed E-state index contributed by atoms with van der Waals surface area (Å²) in [5.74, 6) is -2.41. The SMILES string of the molecule is Cc1nc(CN2CC[C@@]3(C[C@H](N4CCCC4=O)CCO3)C2)cs1.O=C(O)C(F)(F)F. The summed E-state index contributed by atoms with van der Waals surface area (Å²) in [6.45, 7) is 6.75. The van der Waals surface area contributed by atoms with Crippen LogP contribution in [-0.2, 0) is 20.9 Å². The predicted octanol–water partition coefficient (Wildman–Crippen LogP) is 2.83. The number of carbonyl (C=O) groups is 2. The average molecular weight is 449 g/mol. The van der Waals surface area contributed by atoms with Crippen LogP contribution in [0, 0.1) is 6.92 Å². The van der Waals surface area contributed by atoms with E-state index in [1.54, 1.807) is 11.3 Å². The number of hydrogen-bond donors (Lipinski definition) is 1. The number of nitrogens with zero attached hydrogens (tertiary/aromatic N) is 3. The largest absolute Gasteiger partial charge is 0.490 e. The molecular formula is C19H26F3N3O4S. The van der Waals surface area contributed by atoms with Crippen molar-refractivity contribution in [1.29, 1.82) is 0 Å². The van der Waals surface area contributed by atoms with Gasteiger partial charge in [0.15, 0.2) is 0 Å². The van der Waals surface area contributed by atoms with E-state index in [1.807, 2.05) is 0 Å². The van der Waals surface area contributed by atoms with Crippen LogP contribution in [0.2, 0.25) is 0 Å². The lowest BCUT2D eigenvalue weighted by Crippen LogP contribution is -2.50. The van der Waals surface area contributed by atoms with Crippen LogP contribution in [0.5, 0.6) is 0 Å². The van der Waals surface area contributed by atoms with Crippen LogP contribution < -0.4 is 0 Å². The topological polar surface area (TPSA) is 83.0 Å². The number of aliphatic carboxylic acids is 1. The highest BCUT2D eigenvalue weighted by atomic mass is 32.1. The number of aryl methyl sites for hydroxylation is 1. The van der Waals surface area contributed by atoms with Gasteiger partial charge in [-0.2, -0.15) is 13.2 Å². The fourth-order valence-corrected chi connectivity index (χ4v) is 4.98. The number of rotatable bonds is 3. The van der Waals surface area contributed by atoms with Gasteiger partial charge in [-0.15, -0.1) is 11.3 Å². The molecule has 1 aromatic rings. The van der Waals surface area contributed by atoms with Crippen molar-refractivity contribution in [3.05, 3.63) is 16.1 Å². The molecule has 3 aliphatic heterocycles. The molecule has 30 heavy (non-hydrogen) atoms. The van der Waals surface area contributed by atoms with Crippen molar-refractivity contribution in [2.75, 3.05) is 26.2 Å². The number of carboxylic acid groups (broad SMARTS) is 1. The minimum atomic E-state index is -5.08. The fraction of sp³-hybridized carbons (Fsp3) is 0.737. The Morgan fingerprint density at radius 3 is 2.73 bits per heavy atom. The first kappa shape index (κ1) is 23.0. The smallest absolute Gasteiger partial charge is 0.475 e. The second-order valence-electron chi connectivity index (χ2n) is 7.99. The number of carboxylic acids is 1. The lowest BCUT2D eigenvalue weighted by atomic mass is 9.89. The van der Waals surface area contributed by atoms with Crippen molar-refractivity contribution < 1.29 is 32.6 Å². The molecule has 1 spiro atoms. The van der Waals surface area contributed by atoms with Crippen molar-refractivity contribution in [2.24, 2.45) is 0 Å². The molecule has 0 bridgehead atoms. The number of alkyl halides is 3. The van der Waals surface area contributed by atoms with E-state index < -0.39 is 12.1 Å². The van der Waals surface area contributed by atoms with Crippen molar-refractivity contribution >= 4 is 23.2 Å². The Kier molecular flexibility index (Phi) is 7.03. The molecule has 3 fully saturated rings. The lowest BCUT2D eigenvalue weighted by molar-refractivity contribution is -0.192. The van der Waals surface area contributed by atoms with Crippen LogP contribution in [0.3, 0.4) is 0 Å². The van der Waals surface area contributed by atoms with Crippen LogP contribution in [0.4, 0.5) is 13.2 Å². The normalized spacial score (nSPS) is 27.4. The van der Waals surface area contributed by atoms with Gasteiger partial charge in [-0.25, -0.2) is 9.78 Å². The molecule has 4 heterocycles. The first-order valence-electron chi connectivity index (χ1n) is 9.95. The summed E-state index contributed by atoms with van der Waals surface area (Å²) in [5, 5.41) is 10.4. The molecule has 2 atom stereocenters. The Balaban J connectivity index is 0.000000318. The summed E-state index contributed by atoms with van der Waals surface area (Å²) in [6.07, 6.45) is -0.239. The van der Waals surface area contributed by atoms with Gasteiger partial charge in [0.25, 0.3) is 0 Å². The molecule has 1 amide bonds. The van der Waals surface area contributed by atoms with Gasteiger partial charge in [0.2, 0.25) is 5.91 Å². The molecule has 11 heteroatoms. The van der Waals surface area contributed by atoms with Gasteiger partial charge >= 0.3 is 12.1 Å². The minimum Gasteiger partial charge on any atom is -0.475 e. The number of carbonyl (C=O) groups excluding carboxylic acids is 1. The highest BCUT2D eigenvalue weighted by Crippen LogP contribution is 2.37. The molecular weight excluding hydrogens is 423 g/mol. The standard InChI is InChI=1S/C17H25N3O2S.C2HF3O2/c1-13-18-14(11-23-13)10-19-7-5-17(12-19)9-15(4-8-22-17)20-6-2-3-16(20)21;3-2(4,5)1(6)7/h11,15H,2-10,12H2,1H3;(H,6,7)/t15-,17-;/m1./s1. The number of thiazole rings is 1. The van der Waals surface area contributed by atoms with Crippen LogP contribution >= 0.6 is 11.3 Å². The van der Waals surface area contributed by atoms with Gasteiger partial charge in [0.1, 0.15) is 0 Å². The highest BCUT2D eigenvalue weighted by Gasteiger charge is 2.45. The number of hydrogen-bond acceptors (Lipinski definition) is 6. The zero-order chi connectivity index (χ0) is 21.9. The molecule has 0 radical (unpaired) electrons. The van der Waals surface area contributed by atoms with E-state index in [1.165, 1.54) is 5.69 Å². The number of ether oxygens (including phenoxy) is 1. The van der Waals surface area contributed by atoms with Crippen LogP contribution in [0.1, 0.15) is 42.8 Å². The Hall–Kier alpha value is -1.72. The van der Waals surface area contributed by atoms with Gasteiger partial charge in [0.05, 0.1) is 16.3 Å². The fourth-order valence-electron chi connectivity index (χ4n) is 4.38. The van der Waals surface area contributed by atoms with E-state index in [9.17, 15) is 18.0 Å². The average Bonchev–Trinajstić information content (AvgIpc) is 3.37. The first-order valence-corrected chi connectivity index (χ1v) is 10.8. The Morgan fingerprint density at radius 1 is 1.43 bits per heavy atom. The van der Waals surface area contributed by atoms with Gasteiger partial charge in [0, 0.05) is 50.6 Å². The molecule has 3 aliphatic rings. The molecule has 3 saturated heterocycles. The van der Waals surface area contributed by atoms with Crippen molar-refractivity contribution in [3.63, 3.8) is 0 Å². The van der Waals surface area contributed by atoms with E-state index >= 15 is 0 Å². The van der Waals surface area contributed by atoms with E-state index in [2.05, 4.69) is 27.1 Å². The van der Waals surface area contributed by atoms with Crippen molar-refractivity contribution in [1.82, 2.24) is 14.8 Å². The number of amides is 1. The van der Waals surface area contributed by atoms with Crippen LogP contribution in [0.15, 0.2) is 5.38 Å². The summed E-state index contributed by atoms with van der Waals surface area (Å²) in [6, 6.07) is 0.389. The van der Waals surface area contributed by atoms with Gasteiger partial charge in [-0.05, 0) is 32.6 Å². The maximum atomic E-state index is 12.1. The minimum absolute atomic E-state index is 0.0448. The number of likely N-dealkylation sites (tertiary alicyclic amines) is 2. The van der Waals surface area contributed by atoms with E-state index in [-0.39, 0.29) is 5.60 Å². The molecule has 1 aromatic heterocycles. The van der Waals surface area contributed by atoms with Gasteiger partial charge < -0.3 is 14.7 Å². The quantitative estimate of drug-likeness (QED) is 0.764. The molecule has 0 saturated carbocycles. The predicted molar refractivity (Wildman–Crippen MR) is 103 cm³/mol. The highest BCUT2D eigenvalue weighted by molar-refractivity contribution is 7.09. The third-order valence-electron chi connectivity index (χ3n) is 5.71. The zero-order valence-electron chi connectivity index (χ0n) is 16.8. The van der Waals surface area contributed by atoms with Gasteiger partial charge in [-0.1, -0.05) is 0 Å². The molecule has 0 aromatic carbocycles. The summed E-state index contributed by atoms with van der Waals surface area (Å²) >= 11 is 1.72. The molecule has 4 rings (SSSR count). The zero-order valence-corrected chi connectivity index (χ0v) is 17.6. The van der Waals surface area contributed by atoms with E-state index in [0.29, 0.717) is 11.9 Å². The number of halogens is 3.